The van der Waals surface area contributed by atoms with Crippen LogP contribution in [0.4, 0.5) is 0 Å². The van der Waals surface area contributed by atoms with E-state index in [0.717, 1.165) is 0 Å². The fraction of sp³-hybridized carbons (Fsp3) is 0.737. The molecule has 0 fully saturated rings. The van der Waals surface area contributed by atoms with E-state index in [9.17, 15) is 29.1 Å². The lowest BCUT2D eigenvalue weighted by Gasteiger charge is -2.27. The first kappa shape index (κ1) is 27.3. The highest BCUT2D eigenvalue weighted by atomic mass is 16.4. The predicted octanol–water partition coefficient (Wildman–Crippen LogP) is -0.560. The molecule has 0 bridgehead atoms. The van der Waals surface area contributed by atoms with Gasteiger partial charge in [0.05, 0.1) is 12.5 Å². The van der Waals surface area contributed by atoms with E-state index in [1.165, 1.54) is 6.92 Å². The Morgan fingerprint density at radius 1 is 0.867 bits per heavy atom. The first-order chi connectivity index (χ1) is 13.8. The van der Waals surface area contributed by atoms with Crippen LogP contribution in [0, 0.1) is 11.8 Å². The molecular weight excluding hydrogens is 396 g/mol. The Labute approximate surface area is 176 Å². The Morgan fingerprint density at radius 2 is 1.43 bits per heavy atom. The molecule has 5 unspecified atom stereocenters. The van der Waals surface area contributed by atoms with E-state index in [2.05, 4.69) is 16.0 Å². The van der Waals surface area contributed by atoms with Crippen LogP contribution in [0.15, 0.2) is 0 Å². The van der Waals surface area contributed by atoms with Gasteiger partial charge in [-0.25, -0.2) is 4.79 Å². The first-order valence-corrected chi connectivity index (χ1v) is 9.91. The highest BCUT2D eigenvalue weighted by molar-refractivity contribution is 5.94. The van der Waals surface area contributed by atoms with Crippen molar-refractivity contribution in [3.05, 3.63) is 0 Å². The van der Waals surface area contributed by atoms with E-state index in [0.29, 0.717) is 6.42 Å². The number of rotatable bonds is 13. The number of aliphatic carboxylic acids is 2. The Hall–Kier alpha value is -2.69. The topological polar surface area (TPSA) is 188 Å². The monoisotopic (exact) mass is 430 g/mol. The van der Waals surface area contributed by atoms with Gasteiger partial charge in [-0.2, -0.15) is 0 Å². The third-order valence-electron chi connectivity index (χ3n) is 4.60. The lowest BCUT2D eigenvalue weighted by Crippen LogP contribution is -2.58. The molecule has 0 radical (unpaired) electrons. The van der Waals surface area contributed by atoms with Crippen LogP contribution in [0.1, 0.15) is 53.9 Å². The maximum Gasteiger partial charge on any atom is 0.326 e. The second-order valence-corrected chi connectivity index (χ2v) is 7.84. The minimum absolute atomic E-state index is 0.0354. The molecule has 0 heterocycles. The second-order valence-electron chi connectivity index (χ2n) is 7.84. The SMILES string of the molecule is CCC(C)C(NC(=O)C(C)NC(=O)C(N)CC(=O)O)C(=O)NC(CC(C)C)C(=O)O. The van der Waals surface area contributed by atoms with Crippen LogP contribution >= 0.6 is 0 Å². The third-order valence-corrected chi connectivity index (χ3v) is 4.60. The summed E-state index contributed by atoms with van der Waals surface area (Å²) in [5.41, 5.74) is 5.46. The molecule has 0 spiro atoms. The van der Waals surface area contributed by atoms with Crippen molar-refractivity contribution in [3.63, 3.8) is 0 Å². The van der Waals surface area contributed by atoms with Crippen LogP contribution in [-0.4, -0.2) is 64.0 Å². The van der Waals surface area contributed by atoms with Crippen molar-refractivity contribution < 1.29 is 34.2 Å². The van der Waals surface area contributed by atoms with Crippen molar-refractivity contribution in [1.29, 1.82) is 0 Å². The maximum atomic E-state index is 12.7. The largest absolute Gasteiger partial charge is 0.481 e. The molecule has 172 valence electrons. The van der Waals surface area contributed by atoms with E-state index >= 15 is 0 Å². The van der Waals surface area contributed by atoms with Gasteiger partial charge in [0, 0.05) is 0 Å². The number of nitrogens with one attached hydrogen (secondary N) is 3. The normalized spacial score (nSPS) is 16.0. The summed E-state index contributed by atoms with van der Waals surface area (Å²) in [6, 6.07) is -4.50. The summed E-state index contributed by atoms with van der Waals surface area (Å²) in [7, 11) is 0. The number of amides is 3. The minimum Gasteiger partial charge on any atom is -0.481 e. The summed E-state index contributed by atoms with van der Waals surface area (Å²) in [5, 5.41) is 25.3. The van der Waals surface area contributed by atoms with Gasteiger partial charge in [0.1, 0.15) is 18.1 Å². The van der Waals surface area contributed by atoms with Crippen molar-refractivity contribution in [2.45, 2.75) is 78.0 Å². The van der Waals surface area contributed by atoms with E-state index in [4.69, 9.17) is 10.8 Å². The number of carboxylic acid groups (broad SMARTS) is 2. The summed E-state index contributed by atoms with van der Waals surface area (Å²) in [5.74, 6) is -4.81. The molecule has 0 saturated heterocycles. The number of hydrogen-bond donors (Lipinski definition) is 6. The summed E-state index contributed by atoms with van der Waals surface area (Å²) in [4.78, 5) is 59.1. The molecule has 0 aromatic carbocycles. The fourth-order valence-electron chi connectivity index (χ4n) is 2.60. The molecule has 30 heavy (non-hydrogen) atoms. The highest BCUT2D eigenvalue weighted by Gasteiger charge is 2.31. The summed E-state index contributed by atoms with van der Waals surface area (Å²) in [6.45, 7) is 8.57. The van der Waals surface area contributed by atoms with Crippen LogP contribution in [0.25, 0.3) is 0 Å². The van der Waals surface area contributed by atoms with Crippen LogP contribution in [0.3, 0.4) is 0 Å². The number of carbonyl (C=O) groups excluding carboxylic acids is 3. The zero-order valence-corrected chi connectivity index (χ0v) is 18.1. The number of carbonyl (C=O) groups is 5. The Morgan fingerprint density at radius 3 is 1.87 bits per heavy atom. The molecule has 0 aromatic heterocycles. The van der Waals surface area contributed by atoms with E-state index in [-0.39, 0.29) is 18.3 Å². The van der Waals surface area contributed by atoms with Gasteiger partial charge in [0.2, 0.25) is 17.7 Å². The number of hydrogen-bond acceptors (Lipinski definition) is 6. The van der Waals surface area contributed by atoms with Crippen LogP contribution in [0.2, 0.25) is 0 Å². The number of carboxylic acids is 2. The zero-order chi connectivity index (χ0) is 23.6. The van der Waals surface area contributed by atoms with Crippen LogP contribution in [-0.2, 0) is 24.0 Å². The van der Waals surface area contributed by atoms with Crippen LogP contribution < -0.4 is 21.7 Å². The molecule has 0 aliphatic rings. The third kappa shape index (κ3) is 9.68. The van der Waals surface area contributed by atoms with Crippen molar-refractivity contribution in [1.82, 2.24) is 16.0 Å². The zero-order valence-electron chi connectivity index (χ0n) is 18.1. The summed E-state index contributed by atoms with van der Waals surface area (Å²) in [6.07, 6.45) is 0.172. The average molecular weight is 431 g/mol. The lowest BCUT2D eigenvalue weighted by atomic mass is 9.96. The molecule has 0 aromatic rings. The second kappa shape index (κ2) is 12.8. The number of nitrogens with two attached hydrogens (primary N) is 1. The quantitative estimate of drug-likeness (QED) is 0.224. The van der Waals surface area contributed by atoms with Gasteiger partial charge in [-0.1, -0.05) is 34.1 Å². The molecule has 0 aliphatic carbocycles. The fourth-order valence-corrected chi connectivity index (χ4v) is 2.60. The molecule has 3 amide bonds. The van der Waals surface area contributed by atoms with Crippen molar-refractivity contribution in [2.75, 3.05) is 0 Å². The smallest absolute Gasteiger partial charge is 0.326 e. The van der Waals surface area contributed by atoms with Gasteiger partial charge in [0.25, 0.3) is 0 Å². The van der Waals surface area contributed by atoms with E-state index < -0.39 is 60.2 Å². The van der Waals surface area contributed by atoms with Gasteiger partial charge in [0.15, 0.2) is 0 Å². The lowest BCUT2D eigenvalue weighted by molar-refractivity contribution is -0.143. The van der Waals surface area contributed by atoms with Gasteiger partial charge in [-0.3, -0.25) is 19.2 Å². The molecule has 0 saturated carbocycles. The van der Waals surface area contributed by atoms with Gasteiger partial charge >= 0.3 is 11.9 Å². The summed E-state index contributed by atoms with van der Waals surface area (Å²) >= 11 is 0. The Balaban J connectivity index is 5.17. The van der Waals surface area contributed by atoms with Crippen molar-refractivity contribution >= 4 is 29.7 Å². The maximum absolute atomic E-state index is 12.7. The van der Waals surface area contributed by atoms with Gasteiger partial charge in [-0.05, 0) is 25.2 Å². The Bertz CT molecular complexity index is 638. The average Bonchev–Trinajstić information content (AvgIpc) is 2.63. The Kier molecular flexibility index (Phi) is 11.6. The van der Waals surface area contributed by atoms with E-state index in [1.807, 2.05) is 20.8 Å². The van der Waals surface area contributed by atoms with Crippen LogP contribution in [0.5, 0.6) is 0 Å². The molecule has 5 atom stereocenters. The van der Waals surface area contributed by atoms with E-state index in [1.54, 1.807) is 6.92 Å². The van der Waals surface area contributed by atoms with Crippen molar-refractivity contribution in [3.8, 4) is 0 Å². The molecule has 0 aliphatic heterocycles. The standard InChI is InChI=1S/C19H34N4O7/c1-6-10(4)15(18(28)22-13(19(29)30)7-9(2)3)23-16(26)11(5)21-17(27)12(20)8-14(24)25/h9-13,15H,6-8,20H2,1-5H3,(H,21,27)(H,22,28)(H,23,26)(H,24,25)(H,29,30). The molecule has 11 nitrogen and oxygen atoms in total. The summed E-state index contributed by atoms with van der Waals surface area (Å²) < 4.78 is 0. The molecule has 0 rings (SSSR count). The van der Waals surface area contributed by atoms with Gasteiger partial charge in [-0.15, -0.1) is 0 Å². The molecule has 11 heteroatoms. The first-order valence-electron chi connectivity index (χ1n) is 9.91. The van der Waals surface area contributed by atoms with Gasteiger partial charge < -0.3 is 31.9 Å². The molecule has 7 N–H and O–H groups in total. The molecular formula is C19H34N4O7. The predicted molar refractivity (Wildman–Crippen MR) is 108 cm³/mol. The van der Waals surface area contributed by atoms with Crippen molar-refractivity contribution in [2.24, 2.45) is 17.6 Å². The minimum atomic E-state index is -1.32. The highest BCUT2D eigenvalue weighted by Crippen LogP contribution is 2.11.